The van der Waals surface area contributed by atoms with E-state index in [1.807, 2.05) is 4.90 Å². The fourth-order valence-electron chi connectivity index (χ4n) is 5.84. The van der Waals surface area contributed by atoms with Gasteiger partial charge in [-0.15, -0.1) is 11.3 Å². The molecule has 3 N–H and O–H groups in total. The normalized spacial score (nSPS) is 14.0. The molecule has 0 radical (unpaired) electrons. The minimum atomic E-state index is -4.67. The second kappa shape index (κ2) is 16.1. The number of pyridine rings is 2. The number of carbonyl (C=O) groups is 2. The van der Waals surface area contributed by atoms with Gasteiger partial charge in [0.25, 0.3) is 5.91 Å². The van der Waals surface area contributed by atoms with Crippen LogP contribution in [0.1, 0.15) is 29.0 Å². The van der Waals surface area contributed by atoms with E-state index in [0.29, 0.717) is 55.9 Å². The lowest BCUT2D eigenvalue weighted by atomic mass is 9.98. The molecule has 0 aliphatic carbocycles. The first kappa shape index (κ1) is 36.9. The lowest BCUT2D eigenvalue weighted by Crippen LogP contribution is -2.50. The first-order valence-electron chi connectivity index (χ1n) is 15.9. The number of hydrogen-bond acceptors (Lipinski definition) is 10. The lowest BCUT2D eigenvalue weighted by Gasteiger charge is -2.34. The number of carbonyl (C=O) groups excluding carboxylic acids is 2. The number of thiazole rings is 1. The van der Waals surface area contributed by atoms with Gasteiger partial charge in [0.05, 0.1) is 31.4 Å². The number of fused-ring (bicyclic) bond motifs is 1. The summed E-state index contributed by atoms with van der Waals surface area (Å²) in [7, 11) is 3.07. The second-order valence-corrected chi connectivity index (χ2v) is 12.4. The highest BCUT2D eigenvalue weighted by Gasteiger charge is 2.34. The zero-order valence-corrected chi connectivity index (χ0v) is 28.6. The van der Waals surface area contributed by atoms with Crippen LogP contribution in [0.15, 0.2) is 46.8 Å². The Balaban J connectivity index is 1.66. The van der Waals surface area contributed by atoms with Crippen LogP contribution in [-0.2, 0) is 15.7 Å². The molecule has 0 saturated carbocycles. The standard InChI is InChI=1S/C33H38F3N7O6S/c1-4-37-32(47)40-28-14-22(30-39-27(19-50-30)33(34,35)36)24(15-38-28)20-5-6-26-23(13-20)29(45)25(16-43(26)21(17-48-2)18-49-3)31(46)42-9-7-41(8-10-42)11-12-44/h5-6,13-16,19,21,44H,4,7-12,17-18H2,1-3H3,(H2,37,38,40,47). The molecule has 0 spiro atoms. The van der Waals surface area contributed by atoms with Gasteiger partial charge in [-0.25, -0.2) is 14.8 Å². The fourth-order valence-corrected chi connectivity index (χ4v) is 6.69. The number of anilines is 1. The third-order valence-electron chi connectivity index (χ3n) is 8.27. The molecule has 268 valence electrons. The number of aromatic nitrogens is 3. The highest BCUT2D eigenvalue weighted by molar-refractivity contribution is 7.13. The number of aliphatic hydroxyl groups excluding tert-OH is 1. The molecule has 1 fully saturated rings. The number of nitrogens with one attached hydrogen (secondary N) is 2. The molecule has 0 bridgehead atoms. The van der Waals surface area contributed by atoms with Gasteiger partial charge in [0.15, 0.2) is 5.69 Å². The van der Waals surface area contributed by atoms with Gasteiger partial charge in [0.1, 0.15) is 16.4 Å². The predicted molar refractivity (Wildman–Crippen MR) is 182 cm³/mol. The van der Waals surface area contributed by atoms with E-state index in [0.717, 1.165) is 16.7 Å². The number of β-amino-alcohol motifs (C(OH)–C–C–N with tert-alkyl or cyclic N) is 1. The molecule has 13 nitrogen and oxygen atoms in total. The van der Waals surface area contributed by atoms with Crippen molar-refractivity contribution in [2.45, 2.75) is 19.1 Å². The van der Waals surface area contributed by atoms with Crippen molar-refractivity contribution in [3.05, 3.63) is 63.5 Å². The molecule has 3 amide bonds. The second-order valence-electron chi connectivity index (χ2n) is 11.6. The monoisotopic (exact) mass is 717 g/mol. The third kappa shape index (κ3) is 8.13. The van der Waals surface area contributed by atoms with Crippen molar-refractivity contribution in [3.63, 3.8) is 0 Å². The van der Waals surface area contributed by atoms with Gasteiger partial charge in [0.2, 0.25) is 5.43 Å². The van der Waals surface area contributed by atoms with E-state index in [1.54, 1.807) is 34.6 Å². The SMILES string of the molecule is CCNC(=O)Nc1cc(-c2nc(C(F)(F)F)cs2)c(-c2ccc3c(c2)c(=O)c(C(=O)N2CCN(CCO)CC2)cn3C(COC)COC)cn1. The van der Waals surface area contributed by atoms with Crippen LogP contribution in [0.4, 0.5) is 23.8 Å². The zero-order valence-electron chi connectivity index (χ0n) is 27.7. The number of halogens is 3. The maximum atomic E-state index is 14.2. The van der Waals surface area contributed by atoms with Gasteiger partial charge in [0, 0.05) is 87.8 Å². The van der Waals surface area contributed by atoms with Crippen LogP contribution in [0.5, 0.6) is 0 Å². The molecule has 0 unspecified atom stereocenters. The summed E-state index contributed by atoms with van der Waals surface area (Å²) < 4.78 is 53.4. The largest absolute Gasteiger partial charge is 0.434 e. The molecule has 50 heavy (non-hydrogen) atoms. The zero-order chi connectivity index (χ0) is 36.0. The predicted octanol–water partition coefficient (Wildman–Crippen LogP) is 3.93. The lowest BCUT2D eigenvalue weighted by molar-refractivity contribution is -0.140. The Kier molecular flexibility index (Phi) is 11.8. The molecule has 1 aliphatic heterocycles. The number of piperazine rings is 1. The number of nitrogens with zero attached hydrogens (tertiary/aromatic N) is 5. The number of hydrogen-bond donors (Lipinski definition) is 3. The van der Waals surface area contributed by atoms with E-state index in [1.165, 1.54) is 32.7 Å². The summed E-state index contributed by atoms with van der Waals surface area (Å²) >= 11 is 0.777. The van der Waals surface area contributed by atoms with Crippen molar-refractivity contribution in [2.24, 2.45) is 0 Å². The van der Waals surface area contributed by atoms with Crippen LogP contribution in [0.2, 0.25) is 0 Å². The minimum Gasteiger partial charge on any atom is -0.395 e. The molecule has 4 aromatic rings. The Hall–Kier alpha value is -4.42. The van der Waals surface area contributed by atoms with Crippen molar-refractivity contribution >= 4 is 40.0 Å². The summed E-state index contributed by atoms with van der Waals surface area (Å²) in [5.74, 6) is -0.366. The minimum absolute atomic E-state index is 0.00273. The molecule has 17 heteroatoms. The van der Waals surface area contributed by atoms with E-state index in [2.05, 4.69) is 20.6 Å². The van der Waals surface area contributed by atoms with E-state index < -0.39 is 35.3 Å². The van der Waals surface area contributed by atoms with Crippen molar-refractivity contribution in [3.8, 4) is 21.7 Å². The third-order valence-corrected chi connectivity index (χ3v) is 9.14. The molecule has 1 saturated heterocycles. The van der Waals surface area contributed by atoms with Crippen LogP contribution in [0.25, 0.3) is 32.6 Å². The van der Waals surface area contributed by atoms with Crippen LogP contribution in [0.3, 0.4) is 0 Å². The number of aliphatic hydroxyl groups is 1. The first-order chi connectivity index (χ1) is 24.0. The van der Waals surface area contributed by atoms with Gasteiger partial charge in [-0.1, -0.05) is 6.07 Å². The van der Waals surface area contributed by atoms with Gasteiger partial charge < -0.3 is 29.4 Å². The van der Waals surface area contributed by atoms with Crippen LogP contribution >= 0.6 is 11.3 Å². The topological polar surface area (TPSA) is 151 Å². The summed E-state index contributed by atoms with van der Waals surface area (Å²) in [6.45, 7) is 4.81. The van der Waals surface area contributed by atoms with Crippen LogP contribution < -0.4 is 16.1 Å². The number of methoxy groups -OCH3 is 2. The van der Waals surface area contributed by atoms with E-state index in [-0.39, 0.29) is 47.2 Å². The molecule has 3 aromatic heterocycles. The molecule has 1 aromatic carbocycles. The maximum absolute atomic E-state index is 14.2. The highest BCUT2D eigenvalue weighted by Crippen LogP contribution is 2.39. The number of alkyl halides is 3. The van der Waals surface area contributed by atoms with E-state index in [9.17, 15) is 32.7 Å². The van der Waals surface area contributed by atoms with Gasteiger partial charge >= 0.3 is 12.2 Å². The Morgan fingerprint density at radius 2 is 1.80 bits per heavy atom. The maximum Gasteiger partial charge on any atom is 0.434 e. The Bertz CT molecular complexity index is 1890. The van der Waals surface area contributed by atoms with E-state index >= 15 is 0 Å². The summed E-state index contributed by atoms with van der Waals surface area (Å²) in [6.07, 6.45) is -1.75. The molecule has 0 atom stereocenters. The average molecular weight is 718 g/mol. The number of amides is 3. The van der Waals surface area contributed by atoms with Crippen molar-refractivity contribution in [1.29, 1.82) is 0 Å². The molecule has 5 rings (SSSR count). The van der Waals surface area contributed by atoms with Crippen LogP contribution in [0, 0.1) is 0 Å². The Labute approximate surface area is 289 Å². The van der Waals surface area contributed by atoms with Crippen molar-refractivity contribution in [2.75, 3.05) is 78.6 Å². The van der Waals surface area contributed by atoms with Gasteiger partial charge in [-0.3, -0.25) is 19.8 Å². The smallest absolute Gasteiger partial charge is 0.395 e. The Morgan fingerprint density at radius 3 is 2.42 bits per heavy atom. The molecular weight excluding hydrogens is 679 g/mol. The molecule has 1 aliphatic rings. The first-order valence-corrected chi connectivity index (χ1v) is 16.7. The summed E-state index contributed by atoms with van der Waals surface area (Å²) in [6, 6.07) is 5.44. The number of ether oxygens (including phenoxy) is 2. The van der Waals surface area contributed by atoms with E-state index in [4.69, 9.17) is 9.47 Å². The quantitative estimate of drug-likeness (QED) is 0.198. The Morgan fingerprint density at radius 1 is 1.08 bits per heavy atom. The summed E-state index contributed by atoms with van der Waals surface area (Å²) in [4.78, 5) is 52.1. The highest BCUT2D eigenvalue weighted by atomic mass is 32.1. The number of rotatable bonds is 12. The molecule has 4 heterocycles. The van der Waals surface area contributed by atoms with Gasteiger partial charge in [-0.05, 0) is 30.7 Å². The summed E-state index contributed by atoms with van der Waals surface area (Å²) in [5, 5.41) is 15.6. The fraction of sp³-hybridized carbons (Fsp3) is 0.424. The molecular formula is C33H38F3N7O6S. The summed E-state index contributed by atoms with van der Waals surface area (Å²) in [5.41, 5.74) is -0.137. The van der Waals surface area contributed by atoms with Crippen molar-refractivity contribution < 1.29 is 37.3 Å². The number of urea groups is 1. The van der Waals surface area contributed by atoms with Crippen molar-refractivity contribution in [1.82, 2.24) is 29.7 Å². The number of benzene rings is 1. The van der Waals surface area contributed by atoms with Crippen LogP contribution in [-0.4, -0.2) is 115 Å². The average Bonchev–Trinajstić information content (AvgIpc) is 3.60. The van der Waals surface area contributed by atoms with Gasteiger partial charge in [-0.2, -0.15) is 13.2 Å².